The molecule has 1 fully saturated rings. The van der Waals surface area contributed by atoms with Crippen LogP contribution in [0.3, 0.4) is 0 Å². The van der Waals surface area contributed by atoms with Gasteiger partial charge in [0.25, 0.3) is 0 Å². The number of hydrogen-bond acceptors (Lipinski definition) is 0. The van der Waals surface area contributed by atoms with Gasteiger partial charge < -0.3 is 0 Å². The van der Waals surface area contributed by atoms with Crippen molar-refractivity contribution in [1.29, 1.82) is 0 Å². The first kappa shape index (κ1) is 9.11. The largest absolute Gasteiger partial charge is 0.244 e. The summed E-state index contributed by atoms with van der Waals surface area (Å²) in [6.45, 7) is 0. The highest BCUT2D eigenvalue weighted by Gasteiger charge is 2.33. The van der Waals surface area contributed by atoms with Gasteiger partial charge in [-0.2, -0.15) is 0 Å². The summed E-state index contributed by atoms with van der Waals surface area (Å²) in [6.07, 6.45) is 0.383. The second kappa shape index (κ2) is 4.15. The van der Waals surface area contributed by atoms with Gasteiger partial charge in [-0.1, -0.05) is 28.3 Å². The van der Waals surface area contributed by atoms with Gasteiger partial charge in [0.15, 0.2) is 0 Å². The van der Waals surface area contributed by atoms with E-state index in [2.05, 4.69) is 22.0 Å². The zero-order valence-electron chi connectivity index (χ0n) is 5.49. The Kier molecular flexibility index (Phi) is 3.78. The van der Waals surface area contributed by atoms with Gasteiger partial charge in [0.05, 0.1) is 0 Å². The van der Waals surface area contributed by atoms with Crippen LogP contribution < -0.4 is 0 Å². The molecule has 0 aromatic heterocycles. The minimum atomic E-state index is -1.17. The molecular weight excluding hydrogens is 268 g/mol. The lowest BCUT2D eigenvalue weighted by Gasteiger charge is -2.02. The first-order chi connectivity index (χ1) is 4.74. The standard InChI is InChI=1S/C6H10F2IP/c7-5-1-4(3-10-9)2-6(5)8/h4-6,10H,1-3H2. The van der Waals surface area contributed by atoms with E-state index in [1.807, 2.05) is 0 Å². The van der Waals surface area contributed by atoms with Crippen molar-refractivity contribution in [2.75, 3.05) is 6.16 Å². The predicted octanol–water partition coefficient (Wildman–Crippen LogP) is 3.10. The molecule has 1 aliphatic rings. The second-order valence-electron chi connectivity index (χ2n) is 2.71. The average Bonchev–Trinajstić information content (AvgIpc) is 2.14. The molecule has 0 bridgehead atoms. The SMILES string of the molecule is FC1CC(CPI)CC1F. The van der Waals surface area contributed by atoms with Crippen molar-refractivity contribution in [3.05, 3.63) is 0 Å². The maximum absolute atomic E-state index is 12.5. The van der Waals surface area contributed by atoms with Crippen LogP contribution in [-0.2, 0) is 0 Å². The number of halogens is 3. The molecule has 1 rings (SSSR count). The molecule has 0 nitrogen and oxygen atoms in total. The maximum Gasteiger partial charge on any atom is 0.131 e. The van der Waals surface area contributed by atoms with Crippen molar-refractivity contribution in [2.24, 2.45) is 5.92 Å². The van der Waals surface area contributed by atoms with Crippen LogP contribution in [0.5, 0.6) is 0 Å². The van der Waals surface area contributed by atoms with Gasteiger partial charge in [0.2, 0.25) is 0 Å². The third-order valence-corrected chi connectivity index (χ3v) is 3.93. The molecule has 60 valence electrons. The van der Waals surface area contributed by atoms with E-state index in [1.54, 1.807) is 0 Å². The summed E-state index contributed by atoms with van der Waals surface area (Å²) in [7, 11) is 0. The summed E-state index contributed by atoms with van der Waals surface area (Å²) >= 11 is 2.27. The van der Waals surface area contributed by atoms with E-state index in [-0.39, 0.29) is 0 Å². The van der Waals surface area contributed by atoms with Gasteiger partial charge in [0, 0.05) is 0 Å². The molecule has 3 atom stereocenters. The molecule has 0 aromatic carbocycles. The molecule has 0 aromatic rings. The normalized spacial score (nSPS) is 41.7. The molecule has 1 saturated carbocycles. The third kappa shape index (κ3) is 2.26. The molecular formula is C6H10F2IP. The van der Waals surface area contributed by atoms with Crippen LogP contribution in [0.4, 0.5) is 8.78 Å². The highest BCUT2D eigenvalue weighted by atomic mass is 127. The Labute approximate surface area is 74.4 Å². The Balaban J connectivity index is 2.27. The Morgan fingerprint density at radius 3 is 2.20 bits per heavy atom. The van der Waals surface area contributed by atoms with E-state index in [9.17, 15) is 8.78 Å². The summed E-state index contributed by atoms with van der Waals surface area (Å²) < 4.78 is 25.0. The first-order valence-electron chi connectivity index (χ1n) is 3.35. The lowest BCUT2D eigenvalue weighted by atomic mass is 10.1. The van der Waals surface area contributed by atoms with Gasteiger partial charge >= 0.3 is 0 Å². The van der Waals surface area contributed by atoms with E-state index >= 15 is 0 Å². The lowest BCUT2D eigenvalue weighted by Crippen LogP contribution is -2.06. The van der Waals surface area contributed by atoms with Crippen LogP contribution >= 0.6 is 28.3 Å². The smallest absolute Gasteiger partial charge is 0.131 e. The van der Waals surface area contributed by atoms with Gasteiger partial charge in [-0.15, -0.1) is 0 Å². The van der Waals surface area contributed by atoms with Crippen molar-refractivity contribution in [3.63, 3.8) is 0 Å². The molecule has 0 saturated heterocycles. The van der Waals surface area contributed by atoms with Crippen molar-refractivity contribution < 1.29 is 8.78 Å². The van der Waals surface area contributed by atoms with Crippen molar-refractivity contribution >= 4 is 28.3 Å². The number of alkyl halides is 2. The Morgan fingerprint density at radius 1 is 1.30 bits per heavy atom. The van der Waals surface area contributed by atoms with Gasteiger partial charge in [0.1, 0.15) is 12.3 Å². The first-order valence-corrected chi connectivity index (χ1v) is 7.67. The van der Waals surface area contributed by atoms with Gasteiger partial charge in [-0.25, -0.2) is 8.78 Å². The third-order valence-electron chi connectivity index (χ3n) is 1.88. The van der Waals surface area contributed by atoms with E-state index in [0.29, 0.717) is 18.8 Å². The zero-order chi connectivity index (χ0) is 7.56. The summed E-state index contributed by atoms with van der Waals surface area (Å²) in [5, 5.41) is 0. The van der Waals surface area contributed by atoms with E-state index in [1.165, 1.54) is 0 Å². The summed E-state index contributed by atoms with van der Waals surface area (Å²) in [4.78, 5) is 0. The van der Waals surface area contributed by atoms with E-state index in [4.69, 9.17) is 0 Å². The van der Waals surface area contributed by atoms with Crippen LogP contribution in [0.1, 0.15) is 12.8 Å². The molecule has 0 amide bonds. The predicted molar refractivity (Wildman–Crippen MR) is 49.7 cm³/mol. The fourth-order valence-electron chi connectivity index (χ4n) is 1.30. The van der Waals surface area contributed by atoms with Crippen LogP contribution in [0.2, 0.25) is 0 Å². The molecule has 0 aliphatic heterocycles. The molecule has 4 heteroatoms. The van der Waals surface area contributed by atoms with Crippen LogP contribution in [0, 0.1) is 5.92 Å². The topological polar surface area (TPSA) is 0 Å². The molecule has 0 spiro atoms. The van der Waals surface area contributed by atoms with Crippen LogP contribution in [0.15, 0.2) is 0 Å². The zero-order valence-corrected chi connectivity index (χ0v) is 8.64. The van der Waals surface area contributed by atoms with Crippen molar-refractivity contribution in [3.8, 4) is 0 Å². The average molecular weight is 278 g/mol. The molecule has 3 unspecified atom stereocenters. The fourth-order valence-corrected chi connectivity index (χ4v) is 3.72. The summed E-state index contributed by atoms with van der Waals surface area (Å²) in [5.41, 5.74) is 0. The quantitative estimate of drug-likeness (QED) is 0.538. The highest BCUT2D eigenvalue weighted by molar-refractivity contribution is 14.2. The maximum atomic E-state index is 12.5. The number of hydrogen-bond donors (Lipinski definition) is 0. The second-order valence-corrected chi connectivity index (χ2v) is 5.67. The molecule has 0 radical (unpaired) electrons. The number of rotatable bonds is 2. The van der Waals surface area contributed by atoms with Crippen LogP contribution in [-0.4, -0.2) is 18.5 Å². The minimum Gasteiger partial charge on any atom is -0.244 e. The summed E-state index contributed by atoms with van der Waals surface area (Å²) in [5.74, 6) is 0.320. The van der Waals surface area contributed by atoms with Crippen molar-refractivity contribution in [1.82, 2.24) is 0 Å². The van der Waals surface area contributed by atoms with Crippen molar-refractivity contribution in [2.45, 2.75) is 25.2 Å². The van der Waals surface area contributed by atoms with E-state index < -0.39 is 12.3 Å². The monoisotopic (exact) mass is 278 g/mol. The van der Waals surface area contributed by atoms with Crippen LogP contribution in [0.25, 0.3) is 0 Å². The lowest BCUT2D eigenvalue weighted by molar-refractivity contribution is 0.199. The minimum absolute atomic E-state index is 0.320. The van der Waals surface area contributed by atoms with E-state index in [0.717, 1.165) is 12.4 Å². The Morgan fingerprint density at radius 2 is 1.80 bits per heavy atom. The highest BCUT2D eigenvalue weighted by Crippen LogP contribution is 2.36. The summed E-state index contributed by atoms with van der Waals surface area (Å²) in [6, 6.07) is 0. The molecule has 0 heterocycles. The van der Waals surface area contributed by atoms with Gasteiger partial charge in [-0.3, -0.25) is 0 Å². The molecule has 1 aliphatic carbocycles. The van der Waals surface area contributed by atoms with Gasteiger partial charge in [-0.05, 0) is 24.9 Å². The Bertz CT molecular complexity index is 102. The molecule has 10 heavy (non-hydrogen) atoms. The Hall–Kier alpha value is 1.02. The molecule has 0 N–H and O–H groups in total. The fraction of sp³-hybridized carbons (Fsp3) is 1.00.